The van der Waals surface area contributed by atoms with Crippen LogP contribution in [-0.4, -0.2) is 21.6 Å². The summed E-state index contributed by atoms with van der Waals surface area (Å²) < 4.78 is 0. The number of phenolic OH excluding ortho intramolecular Hbond substituents is 1. The summed E-state index contributed by atoms with van der Waals surface area (Å²) in [6, 6.07) is 17.3. The van der Waals surface area contributed by atoms with Crippen LogP contribution in [0.15, 0.2) is 54.6 Å². The smallest absolute Gasteiger partial charge is 0.222 e. The maximum Gasteiger partial charge on any atom is 0.222 e. The van der Waals surface area contributed by atoms with Crippen LogP contribution < -0.4 is 16.0 Å². The van der Waals surface area contributed by atoms with Gasteiger partial charge in [-0.1, -0.05) is 30.3 Å². The van der Waals surface area contributed by atoms with Crippen molar-refractivity contribution in [1.82, 2.24) is 9.97 Å². The van der Waals surface area contributed by atoms with Gasteiger partial charge in [0.2, 0.25) is 5.95 Å². The second-order valence-electron chi connectivity index (χ2n) is 6.00. The lowest BCUT2D eigenvalue weighted by Gasteiger charge is -2.31. The molecule has 0 bridgehead atoms. The average molecular weight is 333 g/mol. The fourth-order valence-electron chi connectivity index (χ4n) is 3.12. The van der Waals surface area contributed by atoms with Gasteiger partial charge in [-0.15, -0.1) is 0 Å². The predicted octanol–water partition coefficient (Wildman–Crippen LogP) is 3.07. The molecule has 4 rings (SSSR count). The molecular formula is C19H19N5O. The van der Waals surface area contributed by atoms with Gasteiger partial charge in [0.25, 0.3) is 0 Å². The summed E-state index contributed by atoms with van der Waals surface area (Å²) in [6.07, 6.45) is 0.806. The fraction of sp³-hybridized carbons (Fsp3) is 0.158. The van der Waals surface area contributed by atoms with E-state index in [-0.39, 0.29) is 11.7 Å². The van der Waals surface area contributed by atoms with Crippen molar-refractivity contribution in [1.29, 1.82) is 0 Å². The van der Waals surface area contributed by atoms with Crippen LogP contribution in [0.3, 0.4) is 0 Å². The van der Waals surface area contributed by atoms with Crippen molar-refractivity contribution in [2.75, 3.05) is 22.5 Å². The largest absolute Gasteiger partial charge is 0.506 e. The number of nitrogens with one attached hydrogen (secondary N) is 1. The molecule has 0 atom stereocenters. The minimum atomic E-state index is 0.176. The lowest BCUT2D eigenvalue weighted by Crippen LogP contribution is -2.32. The molecule has 25 heavy (non-hydrogen) atoms. The van der Waals surface area contributed by atoms with Crippen molar-refractivity contribution in [2.24, 2.45) is 0 Å². The molecule has 6 heteroatoms. The van der Waals surface area contributed by atoms with Gasteiger partial charge >= 0.3 is 0 Å². The Kier molecular flexibility index (Phi) is 3.85. The van der Waals surface area contributed by atoms with Crippen LogP contribution >= 0.6 is 0 Å². The highest BCUT2D eigenvalue weighted by molar-refractivity contribution is 5.67. The molecule has 0 amide bonds. The van der Waals surface area contributed by atoms with E-state index in [0.29, 0.717) is 18.1 Å². The molecule has 0 fully saturated rings. The van der Waals surface area contributed by atoms with Crippen molar-refractivity contribution in [3.8, 4) is 5.75 Å². The summed E-state index contributed by atoms with van der Waals surface area (Å²) >= 11 is 0. The van der Waals surface area contributed by atoms with Crippen LogP contribution in [0.4, 0.5) is 23.1 Å². The standard InChI is InChI=1S/C19H19N5O/c20-19-22-16-12-24(13-6-2-1-3-7-13)11-10-14(16)18(23-19)21-15-8-4-5-9-17(15)25/h1-9,25H,10-12H2,(H3,20,21,22,23). The number of nitrogens with two attached hydrogens (primary N) is 1. The fourth-order valence-corrected chi connectivity index (χ4v) is 3.12. The summed E-state index contributed by atoms with van der Waals surface area (Å²) in [5, 5.41) is 13.2. The zero-order valence-corrected chi connectivity index (χ0v) is 13.7. The number of nitrogens with zero attached hydrogens (tertiary/aromatic N) is 3. The number of hydrogen-bond donors (Lipinski definition) is 3. The molecule has 1 aliphatic rings. The number of rotatable bonds is 3. The molecule has 0 saturated carbocycles. The van der Waals surface area contributed by atoms with Crippen molar-refractivity contribution in [3.05, 3.63) is 65.9 Å². The molecule has 0 saturated heterocycles. The van der Waals surface area contributed by atoms with Crippen molar-refractivity contribution < 1.29 is 5.11 Å². The number of anilines is 4. The molecule has 6 nitrogen and oxygen atoms in total. The molecular weight excluding hydrogens is 314 g/mol. The van der Waals surface area contributed by atoms with Gasteiger partial charge in [0.15, 0.2) is 0 Å². The van der Waals surface area contributed by atoms with Crippen LogP contribution in [0, 0.1) is 0 Å². The molecule has 1 aromatic heterocycles. The Bertz CT molecular complexity index is 898. The van der Waals surface area contributed by atoms with Crippen LogP contribution in [0.1, 0.15) is 11.3 Å². The lowest BCUT2D eigenvalue weighted by molar-refractivity contribution is 0.477. The summed E-state index contributed by atoms with van der Waals surface area (Å²) in [6.45, 7) is 1.56. The molecule has 0 radical (unpaired) electrons. The van der Waals surface area contributed by atoms with E-state index < -0.39 is 0 Å². The quantitative estimate of drug-likeness (QED) is 0.639. The van der Waals surface area contributed by atoms with E-state index >= 15 is 0 Å². The van der Waals surface area contributed by atoms with E-state index in [9.17, 15) is 5.11 Å². The summed E-state index contributed by atoms with van der Waals surface area (Å²) in [5.41, 5.74) is 9.65. The molecule has 2 heterocycles. The maximum absolute atomic E-state index is 9.99. The topological polar surface area (TPSA) is 87.3 Å². The number of nitrogen functional groups attached to an aromatic ring is 1. The second kappa shape index (κ2) is 6.32. The molecule has 4 N–H and O–H groups in total. The molecule has 3 aromatic rings. The minimum absolute atomic E-state index is 0.176. The monoisotopic (exact) mass is 333 g/mol. The Morgan fingerprint density at radius 1 is 1.00 bits per heavy atom. The van der Waals surface area contributed by atoms with E-state index in [1.165, 1.54) is 5.69 Å². The number of phenols is 1. The second-order valence-corrected chi connectivity index (χ2v) is 6.00. The minimum Gasteiger partial charge on any atom is -0.506 e. The molecule has 1 aliphatic heterocycles. The number of fused-ring (bicyclic) bond motifs is 1. The van der Waals surface area contributed by atoms with Gasteiger partial charge in [-0.25, -0.2) is 4.98 Å². The van der Waals surface area contributed by atoms with Gasteiger partial charge in [-0.3, -0.25) is 0 Å². The first-order valence-corrected chi connectivity index (χ1v) is 8.21. The first-order chi connectivity index (χ1) is 12.2. The van der Waals surface area contributed by atoms with Gasteiger partial charge in [0.1, 0.15) is 11.6 Å². The van der Waals surface area contributed by atoms with Gasteiger partial charge in [-0.2, -0.15) is 4.98 Å². The zero-order valence-electron chi connectivity index (χ0n) is 13.7. The third kappa shape index (κ3) is 3.06. The Labute approximate surface area is 146 Å². The first-order valence-electron chi connectivity index (χ1n) is 8.21. The molecule has 2 aromatic carbocycles. The summed E-state index contributed by atoms with van der Waals surface area (Å²) in [4.78, 5) is 11.1. The van der Waals surface area contributed by atoms with Crippen molar-refractivity contribution in [2.45, 2.75) is 13.0 Å². The van der Waals surface area contributed by atoms with Crippen LogP contribution in [-0.2, 0) is 13.0 Å². The Morgan fingerprint density at radius 3 is 2.56 bits per heavy atom. The Hall–Kier alpha value is -3.28. The molecule has 0 unspecified atom stereocenters. The Morgan fingerprint density at radius 2 is 1.76 bits per heavy atom. The number of aromatic hydroxyl groups is 1. The Balaban J connectivity index is 1.66. The molecule has 0 aliphatic carbocycles. The van der Waals surface area contributed by atoms with Crippen molar-refractivity contribution in [3.63, 3.8) is 0 Å². The maximum atomic E-state index is 9.99. The molecule has 0 spiro atoms. The van der Waals surface area contributed by atoms with E-state index in [2.05, 4.69) is 32.3 Å². The van der Waals surface area contributed by atoms with E-state index in [1.54, 1.807) is 18.2 Å². The molecule has 126 valence electrons. The van der Waals surface area contributed by atoms with E-state index in [0.717, 1.165) is 24.2 Å². The third-order valence-corrected chi connectivity index (χ3v) is 4.36. The number of aromatic nitrogens is 2. The first kappa shape index (κ1) is 15.3. The van der Waals surface area contributed by atoms with Gasteiger partial charge in [0.05, 0.1) is 17.9 Å². The number of hydrogen-bond acceptors (Lipinski definition) is 6. The van der Waals surface area contributed by atoms with Crippen molar-refractivity contribution >= 4 is 23.1 Å². The summed E-state index contributed by atoms with van der Waals surface area (Å²) in [5.74, 6) is 1.07. The highest BCUT2D eigenvalue weighted by atomic mass is 16.3. The highest BCUT2D eigenvalue weighted by Gasteiger charge is 2.22. The van der Waals surface area contributed by atoms with Gasteiger partial charge in [0, 0.05) is 17.8 Å². The predicted molar refractivity (Wildman–Crippen MR) is 99.0 cm³/mol. The third-order valence-electron chi connectivity index (χ3n) is 4.36. The van der Waals surface area contributed by atoms with Crippen LogP contribution in [0.2, 0.25) is 0 Å². The number of benzene rings is 2. The normalized spacial score (nSPS) is 13.4. The van der Waals surface area contributed by atoms with E-state index in [1.807, 2.05) is 24.3 Å². The highest BCUT2D eigenvalue weighted by Crippen LogP contribution is 2.31. The van der Waals surface area contributed by atoms with Crippen LogP contribution in [0.5, 0.6) is 5.75 Å². The van der Waals surface area contributed by atoms with Gasteiger partial charge in [-0.05, 0) is 30.7 Å². The van der Waals surface area contributed by atoms with Crippen LogP contribution in [0.25, 0.3) is 0 Å². The van der Waals surface area contributed by atoms with E-state index in [4.69, 9.17) is 5.73 Å². The summed E-state index contributed by atoms with van der Waals surface area (Å²) in [7, 11) is 0. The number of para-hydroxylation sites is 3. The lowest BCUT2D eigenvalue weighted by atomic mass is 10.0. The zero-order chi connectivity index (χ0) is 17.2. The van der Waals surface area contributed by atoms with Gasteiger partial charge < -0.3 is 21.1 Å². The SMILES string of the molecule is Nc1nc2c(c(Nc3ccccc3O)n1)CCN(c1ccccc1)C2. The average Bonchev–Trinajstić information content (AvgIpc) is 2.63.